The average Bonchev–Trinajstić information content (AvgIpc) is 3.47. The van der Waals surface area contributed by atoms with E-state index < -0.39 is 11.3 Å². The zero-order chi connectivity index (χ0) is 18.1. The topological polar surface area (TPSA) is 76.7 Å². The number of ether oxygens (including phenoxy) is 2. The van der Waals surface area contributed by atoms with Gasteiger partial charge in [-0.05, 0) is 48.7 Å². The van der Waals surface area contributed by atoms with Crippen molar-refractivity contribution in [1.29, 1.82) is 0 Å². The fourth-order valence-corrected chi connectivity index (χ4v) is 3.24. The first kappa shape index (κ1) is 16.7. The van der Waals surface area contributed by atoms with E-state index in [4.69, 9.17) is 21.1 Å². The van der Waals surface area contributed by atoms with E-state index in [1.54, 1.807) is 30.3 Å². The lowest BCUT2D eigenvalue weighted by Crippen LogP contribution is -2.46. The Morgan fingerprint density at radius 2 is 1.73 bits per heavy atom. The number of benzene rings is 2. The van der Waals surface area contributed by atoms with Crippen LogP contribution in [0.2, 0.25) is 5.02 Å². The molecule has 0 unspecified atom stereocenters. The van der Waals surface area contributed by atoms with Gasteiger partial charge < -0.3 is 9.47 Å². The number of amides is 2. The van der Waals surface area contributed by atoms with Gasteiger partial charge in [0.1, 0.15) is 13.2 Å². The Kier molecular flexibility index (Phi) is 4.20. The molecule has 1 saturated carbocycles. The summed E-state index contributed by atoms with van der Waals surface area (Å²) in [4.78, 5) is 24.9. The molecule has 6 nitrogen and oxygen atoms in total. The van der Waals surface area contributed by atoms with E-state index in [1.807, 2.05) is 12.1 Å². The molecule has 1 aliphatic carbocycles. The van der Waals surface area contributed by atoms with Crippen molar-refractivity contribution in [1.82, 2.24) is 10.9 Å². The van der Waals surface area contributed by atoms with Crippen LogP contribution in [0.4, 0.5) is 0 Å². The van der Waals surface area contributed by atoms with Crippen LogP contribution in [0.15, 0.2) is 42.5 Å². The number of hydrogen-bond acceptors (Lipinski definition) is 4. The molecule has 0 atom stereocenters. The van der Waals surface area contributed by atoms with Gasteiger partial charge in [0, 0.05) is 10.6 Å². The van der Waals surface area contributed by atoms with Gasteiger partial charge in [0.25, 0.3) is 5.91 Å². The molecule has 0 saturated heterocycles. The summed E-state index contributed by atoms with van der Waals surface area (Å²) in [6.07, 6.45) is 1.44. The number of hydrazine groups is 1. The summed E-state index contributed by atoms with van der Waals surface area (Å²) in [5.74, 6) is 0.463. The molecule has 2 N–H and O–H groups in total. The first-order valence-corrected chi connectivity index (χ1v) is 8.73. The van der Waals surface area contributed by atoms with Crippen molar-refractivity contribution in [3.63, 3.8) is 0 Å². The second-order valence-corrected chi connectivity index (χ2v) is 6.80. The molecule has 1 fully saturated rings. The molecular formula is C19H17ClN2O4. The van der Waals surface area contributed by atoms with Crippen molar-refractivity contribution in [2.75, 3.05) is 13.2 Å². The van der Waals surface area contributed by atoms with Gasteiger partial charge in [-0.15, -0.1) is 0 Å². The van der Waals surface area contributed by atoms with Crippen LogP contribution >= 0.6 is 11.6 Å². The highest BCUT2D eigenvalue weighted by Gasteiger charge is 2.51. The van der Waals surface area contributed by atoms with E-state index in [-0.39, 0.29) is 5.91 Å². The Morgan fingerprint density at radius 3 is 2.46 bits per heavy atom. The highest BCUT2D eigenvalue weighted by atomic mass is 35.5. The minimum Gasteiger partial charge on any atom is -0.486 e. The fourth-order valence-electron chi connectivity index (χ4n) is 3.05. The van der Waals surface area contributed by atoms with E-state index in [1.165, 1.54) is 0 Å². The van der Waals surface area contributed by atoms with Gasteiger partial charge in [-0.3, -0.25) is 20.4 Å². The maximum atomic E-state index is 12.6. The Bertz CT molecular complexity index is 880. The second kappa shape index (κ2) is 6.53. The number of nitrogens with one attached hydrogen (secondary N) is 2. The van der Waals surface area contributed by atoms with E-state index in [9.17, 15) is 9.59 Å². The van der Waals surface area contributed by atoms with Crippen molar-refractivity contribution in [3.8, 4) is 11.5 Å². The third kappa shape index (κ3) is 3.08. The second-order valence-electron chi connectivity index (χ2n) is 6.36. The van der Waals surface area contributed by atoms with Crippen LogP contribution in [-0.4, -0.2) is 25.0 Å². The van der Waals surface area contributed by atoms with Crippen LogP contribution < -0.4 is 20.3 Å². The third-order valence-corrected chi connectivity index (χ3v) is 4.89. The summed E-state index contributed by atoms with van der Waals surface area (Å²) < 4.78 is 10.9. The SMILES string of the molecule is O=C(NNC(=O)C1(c2cccc(Cl)c2)CC1)c1ccc2c(c1)OCCO2. The molecule has 2 aromatic carbocycles. The summed E-state index contributed by atoms with van der Waals surface area (Å²) in [5, 5.41) is 0.585. The van der Waals surface area contributed by atoms with E-state index >= 15 is 0 Å². The predicted molar refractivity (Wildman–Crippen MR) is 95.4 cm³/mol. The maximum Gasteiger partial charge on any atom is 0.269 e. The molecule has 0 spiro atoms. The lowest BCUT2D eigenvalue weighted by Gasteiger charge is -2.19. The fraction of sp³-hybridized carbons (Fsp3) is 0.263. The van der Waals surface area contributed by atoms with Crippen molar-refractivity contribution < 1.29 is 19.1 Å². The molecule has 26 heavy (non-hydrogen) atoms. The molecule has 1 heterocycles. The predicted octanol–water partition coefficient (Wildman–Crippen LogP) is 2.60. The monoisotopic (exact) mass is 372 g/mol. The van der Waals surface area contributed by atoms with Gasteiger partial charge in [-0.1, -0.05) is 23.7 Å². The summed E-state index contributed by atoms with van der Waals surface area (Å²) in [6.45, 7) is 0.928. The first-order chi connectivity index (χ1) is 12.6. The summed E-state index contributed by atoms with van der Waals surface area (Å²) in [7, 11) is 0. The van der Waals surface area contributed by atoms with Crippen LogP contribution in [0.3, 0.4) is 0 Å². The lowest BCUT2D eigenvalue weighted by atomic mass is 9.95. The van der Waals surface area contributed by atoms with Crippen molar-refractivity contribution in [3.05, 3.63) is 58.6 Å². The normalized spacial score (nSPS) is 16.5. The van der Waals surface area contributed by atoms with Crippen molar-refractivity contribution >= 4 is 23.4 Å². The van der Waals surface area contributed by atoms with E-state index in [0.29, 0.717) is 35.3 Å². The Hall–Kier alpha value is -2.73. The van der Waals surface area contributed by atoms with Crippen LogP contribution in [0.1, 0.15) is 28.8 Å². The number of rotatable bonds is 3. The van der Waals surface area contributed by atoms with Crippen molar-refractivity contribution in [2.45, 2.75) is 18.3 Å². The van der Waals surface area contributed by atoms with Gasteiger partial charge in [0.05, 0.1) is 5.41 Å². The lowest BCUT2D eigenvalue weighted by molar-refractivity contribution is -0.124. The third-order valence-electron chi connectivity index (χ3n) is 4.66. The molecule has 7 heteroatoms. The molecule has 1 aliphatic heterocycles. The highest BCUT2D eigenvalue weighted by molar-refractivity contribution is 6.30. The summed E-state index contributed by atoms with van der Waals surface area (Å²) in [5.41, 5.74) is 5.61. The van der Waals surface area contributed by atoms with Crippen LogP contribution in [0.25, 0.3) is 0 Å². The molecule has 2 amide bonds. The molecule has 0 bridgehead atoms. The van der Waals surface area contributed by atoms with E-state index in [2.05, 4.69) is 10.9 Å². The average molecular weight is 373 g/mol. The molecule has 2 aromatic rings. The van der Waals surface area contributed by atoms with Gasteiger partial charge in [0.15, 0.2) is 11.5 Å². The number of carbonyl (C=O) groups excluding carboxylic acids is 2. The molecule has 0 aromatic heterocycles. The Labute approximate surface area is 155 Å². The smallest absolute Gasteiger partial charge is 0.269 e. The number of fused-ring (bicyclic) bond motifs is 1. The highest BCUT2D eigenvalue weighted by Crippen LogP contribution is 2.48. The standard InChI is InChI=1S/C19H17ClN2O4/c20-14-3-1-2-13(11-14)19(6-7-19)18(24)22-21-17(23)12-4-5-15-16(10-12)26-9-8-25-15/h1-5,10-11H,6-9H2,(H,21,23)(H,22,24). The van der Waals surface area contributed by atoms with Crippen LogP contribution in [0.5, 0.6) is 11.5 Å². The Morgan fingerprint density at radius 1 is 0.962 bits per heavy atom. The number of halogens is 1. The van der Waals surface area contributed by atoms with Gasteiger partial charge in [-0.25, -0.2) is 0 Å². The van der Waals surface area contributed by atoms with Crippen LogP contribution in [-0.2, 0) is 10.2 Å². The molecule has 0 radical (unpaired) electrons. The maximum absolute atomic E-state index is 12.6. The van der Waals surface area contributed by atoms with Crippen LogP contribution in [0, 0.1) is 0 Å². The Balaban J connectivity index is 1.42. The van der Waals surface area contributed by atoms with E-state index in [0.717, 1.165) is 18.4 Å². The number of carbonyl (C=O) groups is 2. The van der Waals surface area contributed by atoms with Crippen molar-refractivity contribution in [2.24, 2.45) is 0 Å². The first-order valence-electron chi connectivity index (χ1n) is 8.35. The number of hydrogen-bond donors (Lipinski definition) is 2. The zero-order valence-corrected chi connectivity index (χ0v) is 14.6. The van der Waals surface area contributed by atoms with Gasteiger partial charge in [-0.2, -0.15) is 0 Å². The minimum absolute atomic E-state index is 0.245. The van der Waals surface area contributed by atoms with Gasteiger partial charge in [0.2, 0.25) is 5.91 Å². The molecule has 2 aliphatic rings. The summed E-state index contributed by atoms with van der Waals surface area (Å²) in [6, 6.07) is 12.2. The molecule has 134 valence electrons. The van der Waals surface area contributed by atoms with Gasteiger partial charge >= 0.3 is 0 Å². The largest absolute Gasteiger partial charge is 0.486 e. The quantitative estimate of drug-likeness (QED) is 0.812. The molecular weight excluding hydrogens is 356 g/mol. The summed E-state index contributed by atoms with van der Waals surface area (Å²) >= 11 is 6.03. The minimum atomic E-state index is -0.620. The molecule has 4 rings (SSSR count). The zero-order valence-electron chi connectivity index (χ0n) is 13.9.